The molecular weight excluding hydrogens is 231 g/mol. The van der Waals surface area contributed by atoms with Crippen molar-refractivity contribution >= 4 is 5.91 Å². The second kappa shape index (κ2) is 5.96. The standard InChI is InChI=1S/C14H19FN2O/c1-17(12-6-8-16-9-7-12)14(18)10-11-4-2-3-5-13(11)15/h2-5,12,16H,6-10H2,1H3. The quantitative estimate of drug-likeness (QED) is 0.883. The normalized spacial score (nSPS) is 16.6. The highest BCUT2D eigenvalue weighted by Gasteiger charge is 2.22. The topological polar surface area (TPSA) is 32.3 Å². The second-order valence-electron chi connectivity index (χ2n) is 4.75. The molecule has 0 bridgehead atoms. The Bertz CT molecular complexity index is 416. The number of hydrogen-bond acceptors (Lipinski definition) is 2. The number of carbonyl (C=O) groups excluding carboxylic acids is 1. The highest BCUT2D eigenvalue weighted by atomic mass is 19.1. The highest BCUT2D eigenvalue weighted by molar-refractivity contribution is 5.78. The van der Waals surface area contributed by atoms with Crippen molar-refractivity contribution in [1.82, 2.24) is 10.2 Å². The maximum atomic E-state index is 13.5. The number of nitrogens with zero attached hydrogens (tertiary/aromatic N) is 1. The smallest absolute Gasteiger partial charge is 0.227 e. The predicted molar refractivity (Wildman–Crippen MR) is 68.8 cm³/mol. The summed E-state index contributed by atoms with van der Waals surface area (Å²) in [5.74, 6) is -0.309. The van der Waals surface area contributed by atoms with Gasteiger partial charge in [0.2, 0.25) is 5.91 Å². The second-order valence-corrected chi connectivity index (χ2v) is 4.75. The molecule has 0 unspecified atom stereocenters. The van der Waals surface area contributed by atoms with E-state index in [1.165, 1.54) is 6.07 Å². The molecule has 1 aromatic carbocycles. The van der Waals surface area contributed by atoms with Crippen LogP contribution in [-0.4, -0.2) is 37.0 Å². The van der Waals surface area contributed by atoms with Crippen molar-refractivity contribution in [2.24, 2.45) is 0 Å². The fraction of sp³-hybridized carbons (Fsp3) is 0.500. The molecule has 0 radical (unpaired) electrons. The molecule has 0 saturated carbocycles. The molecule has 1 N–H and O–H groups in total. The fourth-order valence-corrected chi connectivity index (χ4v) is 2.33. The van der Waals surface area contributed by atoms with Crippen LogP contribution in [0.25, 0.3) is 0 Å². The molecule has 1 heterocycles. The molecule has 0 atom stereocenters. The van der Waals surface area contributed by atoms with Crippen LogP contribution in [0, 0.1) is 5.82 Å². The van der Waals surface area contributed by atoms with Crippen LogP contribution in [0.1, 0.15) is 18.4 Å². The lowest BCUT2D eigenvalue weighted by atomic mass is 10.0. The van der Waals surface area contributed by atoms with Crippen LogP contribution < -0.4 is 5.32 Å². The third kappa shape index (κ3) is 3.07. The molecule has 3 nitrogen and oxygen atoms in total. The summed E-state index contributed by atoms with van der Waals surface area (Å²) in [7, 11) is 1.82. The van der Waals surface area contributed by atoms with Crippen molar-refractivity contribution < 1.29 is 9.18 Å². The maximum absolute atomic E-state index is 13.5. The zero-order chi connectivity index (χ0) is 13.0. The van der Waals surface area contributed by atoms with Crippen LogP contribution in [0.5, 0.6) is 0 Å². The van der Waals surface area contributed by atoms with Crippen molar-refractivity contribution in [2.75, 3.05) is 20.1 Å². The number of benzene rings is 1. The lowest BCUT2D eigenvalue weighted by Gasteiger charge is -2.31. The highest BCUT2D eigenvalue weighted by Crippen LogP contribution is 2.13. The van der Waals surface area contributed by atoms with Crippen LogP contribution in [0.3, 0.4) is 0 Å². The number of amides is 1. The number of nitrogens with one attached hydrogen (secondary N) is 1. The monoisotopic (exact) mass is 250 g/mol. The van der Waals surface area contributed by atoms with Crippen LogP contribution in [0.15, 0.2) is 24.3 Å². The van der Waals surface area contributed by atoms with E-state index in [-0.39, 0.29) is 24.2 Å². The van der Waals surface area contributed by atoms with E-state index in [1.807, 2.05) is 7.05 Å². The molecule has 1 fully saturated rings. The van der Waals surface area contributed by atoms with Gasteiger partial charge in [0.1, 0.15) is 5.82 Å². The molecule has 18 heavy (non-hydrogen) atoms. The first-order valence-corrected chi connectivity index (χ1v) is 6.38. The Kier molecular flexibility index (Phi) is 4.31. The van der Waals surface area contributed by atoms with Crippen LogP contribution in [-0.2, 0) is 11.2 Å². The SMILES string of the molecule is CN(C(=O)Cc1ccccc1F)C1CCNCC1. The van der Waals surface area contributed by atoms with Gasteiger partial charge in [-0.25, -0.2) is 4.39 Å². The number of likely N-dealkylation sites (N-methyl/N-ethyl adjacent to an activating group) is 1. The first kappa shape index (κ1) is 13.0. The Morgan fingerprint density at radius 2 is 2.06 bits per heavy atom. The molecular formula is C14H19FN2O. The predicted octanol–water partition coefficient (Wildman–Crippen LogP) is 1.58. The summed E-state index contributed by atoms with van der Waals surface area (Å²) in [5, 5.41) is 3.27. The van der Waals surface area contributed by atoms with E-state index in [0.717, 1.165) is 25.9 Å². The number of rotatable bonds is 3. The van der Waals surface area contributed by atoms with Crippen molar-refractivity contribution in [2.45, 2.75) is 25.3 Å². The molecule has 2 rings (SSSR count). The summed E-state index contributed by atoms with van der Waals surface area (Å²) in [6.45, 7) is 1.89. The summed E-state index contributed by atoms with van der Waals surface area (Å²) in [6, 6.07) is 6.75. The van der Waals surface area contributed by atoms with Crippen LogP contribution in [0.2, 0.25) is 0 Å². The van der Waals surface area contributed by atoms with E-state index < -0.39 is 0 Å². The third-order valence-electron chi connectivity index (χ3n) is 3.55. The van der Waals surface area contributed by atoms with Crippen molar-refractivity contribution in [3.8, 4) is 0 Å². The Morgan fingerprint density at radius 1 is 1.39 bits per heavy atom. The summed E-state index contributed by atoms with van der Waals surface area (Å²) < 4.78 is 13.5. The Hall–Kier alpha value is -1.42. The zero-order valence-electron chi connectivity index (χ0n) is 10.7. The van der Waals surface area contributed by atoms with Gasteiger partial charge in [-0.3, -0.25) is 4.79 Å². The summed E-state index contributed by atoms with van der Waals surface area (Å²) >= 11 is 0. The molecule has 4 heteroatoms. The lowest BCUT2D eigenvalue weighted by Crippen LogP contribution is -2.44. The molecule has 0 aliphatic carbocycles. The van der Waals surface area contributed by atoms with Gasteiger partial charge >= 0.3 is 0 Å². The Balaban J connectivity index is 1.97. The van der Waals surface area contributed by atoms with Gasteiger partial charge in [0.25, 0.3) is 0 Å². The fourth-order valence-electron chi connectivity index (χ4n) is 2.33. The van der Waals surface area contributed by atoms with Crippen LogP contribution in [0.4, 0.5) is 4.39 Å². The van der Waals surface area contributed by atoms with Gasteiger partial charge in [0.05, 0.1) is 6.42 Å². The van der Waals surface area contributed by atoms with Crippen molar-refractivity contribution in [1.29, 1.82) is 0 Å². The molecule has 1 aliphatic rings. The lowest BCUT2D eigenvalue weighted by molar-refractivity contribution is -0.131. The van der Waals surface area contributed by atoms with E-state index in [2.05, 4.69) is 5.32 Å². The van der Waals surface area contributed by atoms with E-state index in [9.17, 15) is 9.18 Å². The van der Waals surface area contributed by atoms with Crippen molar-refractivity contribution in [3.63, 3.8) is 0 Å². The van der Waals surface area contributed by atoms with Crippen molar-refractivity contribution in [3.05, 3.63) is 35.6 Å². The van der Waals surface area contributed by atoms with E-state index >= 15 is 0 Å². The van der Waals surface area contributed by atoms with Gasteiger partial charge in [-0.2, -0.15) is 0 Å². The van der Waals surface area contributed by atoms with E-state index in [1.54, 1.807) is 23.1 Å². The van der Waals surface area contributed by atoms with Gasteiger partial charge in [0, 0.05) is 13.1 Å². The molecule has 0 spiro atoms. The largest absolute Gasteiger partial charge is 0.342 e. The Morgan fingerprint density at radius 3 is 2.72 bits per heavy atom. The molecule has 1 saturated heterocycles. The van der Waals surface area contributed by atoms with Gasteiger partial charge < -0.3 is 10.2 Å². The van der Waals surface area contributed by atoms with Gasteiger partial charge in [-0.15, -0.1) is 0 Å². The summed E-state index contributed by atoms with van der Waals surface area (Å²) in [6.07, 6.45) is 2.09. The zero-order valence-corrected chi connectivity index (χ0v) is 10.7. The minimum Gasteiger partial charge on any atom is -0.342 e. The van der Waals surface area contributed by atoms with Crippen LogP contribution >= 0.6 is 0 Å². The van der Waals surface area contributed by atoms with Gasteiger partial charge in [-0.05, 0) is 37.6 Å². The molecule has 0 aromatic heterocycles. The van der Waals surface area contributed by atoms with Gasteiger partial charge in [-0.1, -0.05) is 18.2 Å². The number of hydrogen-bond donors (Lipinski definition) is 1. The van der Waals surface area contributed by atoms with E-state index in [4.69, 9.17) is 0 Å². The minimum atomic E-state index is -0.301. The van der Waals surface area contributed by atoms with Gasteiger partial charge in [0.15, 0.2) is 0 Å². The number of carbonyl (C=O) groups is 1. The minimum absolute atomic E-state index is 0.00741. The molecule has 1 aromatic rings. The number of piperidine rings is 1. The number of halogens is 1. The Labute approximate surface area is 107 Å². The first-order valence-electron chi connectivity index (χ1n) is 6.38. The summed E-state index contributed by atoms with van der Waals surface area (Å²) in [5.41, 5.74) is 0.475. The average Bonchev–Trinajstić information content (AvgIpc) is 2.41. The summed E-state index contributed by atoms with van der Waals surface area (Å²) in [4.78, 5) is 13.9. The average molecular weight is 250 g/mol. The maximum Gasteiger partial charge on any atom is 0.227 e. The molecule has 98 valence electrons. The third-order valence-corrected chi connectivity index (χ3v) is 3.55. The first-order chi connectivity index (χ1) is 8.68. The molecule has 1 aliphatic heterocycles. The van der Waals surface area contributed by atoms with E-state index in [0.29, 0.717) is 5.56 Å². The molecule has 1 amide bonds.